The Morgan fingerprint density at radius 3 is 2.65 bits per heavy atom. The monoisotopic (exact) mass is 539 g/mol. The Labute approximate surface area is 189 Å². The van der Waals surface area contributed by atoms with Gasteiger partial charge >= 0.3 is 5.97 Å². The summed E-state index contributed by atoms with van der Waals surface area (Å²) in [5, 5.41) is 22.4. The molecule has 0 atom stereocenters. The van der Waals surface area contributed by atoms with Crippen LogP contribution in [0.1, 0.15) is 19.4 Å². The summed E-state index contributed by atoms with van der Waals surface area (Å²) in [7, 11) is 0. The Hall–Kier alpha value is -3.53. The highest BCUT2D eigenvalue weighted by molar-refractivity contribution is 14.1. The third-order valence-corrected chi connectivity index (χ3v) is 4.46. The van der Waals surface area contributed by atoms with Crippen LogP contribution in [0.2, 0.25) is 0 Å². The zero-order chi connectivity index (χ0) is 23.1. The second-order valence-electron chi connectivity index (χ2n) is 5.90. The van der Waals surface area contributed by atoms with Crippen molar-refractivity contribution in [3.8, 4) is 17.6 Å². The first-order chi connectivity index (χ1) is 14.7. The fourth-order valence-corrected chi connectivity index (χ4v) is 3.14. The van der Waals surface area contributed by atoms with Gasteiger partial charge in [-0.15, -0.1) is 0 Å². The zero-order valence-electron chi connectivity index (χ0n) is 16.3. The third-order valence-electron chi connectivity index (χ3n) is 3.66. The molecule has 0 unspecified atom stereocenters. The van der Waals surface area contributed by atoms with Gasteiger partial charge in [-0.1, -0.05) is 0 Å². The minimum Gasteiger partial charge on any atom is -0.490 e. The Bertz CT molecular complexity index is 1130. The maximum atomic E-state index is 13.9. The second kappa shape index (κ2) is 10.5. The molecule has 0 aromatic heterocycles. The lowest BCUT2D eigenvalue weighted by atomic mass is 10.1. The van der Waals surface area contributed by atoms with Crippen molar-refractivity contribution in [2.45, 2.75) is 13.8 Å². The number of nitrogens with one attached hydrogen (secondary N) is 1. The number of nitro benzene ring substituents is 1. The van der Waals surface area contributed by atoms with E-state index >= 15 is 0 Å². The smallest absolute Gasteiger partial charge is 0.308 e. The number of nitro groups is 1. The summed E-state index contributed by atoms with van der Waals surface area (Å²) in [6.45, 7) is 3.24. The highest BCUT2D eigenvalue weighted by Crippen LogP contribution is 2.35. The number of anilines is 1. The van der Waals surface area contributed by atoms with Crippen molar-refractivity contribution < 1.29 is 28.4 Å². The number of ether oxygens (including phenoxy) is 2. The topological polar surface area (TPSA) is 132 Å². The molecule has 0 aliphatic heterocycles. The van der Waals surface area contributed by atoms with Gasteiger partial charge < -0.3 is 14.8 Å². The molecule has 160 valence electrons. The Morgan fingerprint density at radius 2 is 2.06 bits per heavy atom. The van der Waals surface area contributed by atoms with Gasteiger partial charge in [0.25, 0.3) is 11.6 Å². The quantitative estimate of drug-likeness (QED) is 0.106. The molecule has 0 saturated carbocycles. The van der Waals surface area contributed by atoms with Crippen molar-refractivity contribution in [3.05, 3.63) is 61.0 Å². The number of nitrogens with zero attached hydrogens (tertiary/aromatic N) is 2. The Morgan fingerprint density at radius 1 is 1.35 bits per heavy atom. The number of hydrogen-bond acceptors (Lipinski definition) is 7. The Balaban J connectivity index is 2.40. The van der Waals surface area contributed by atoms with Crippen LogP contribution >= 0.6 is 22.6 Å². The summed E-state index contributed by atoms with van der Waals surface area (Å²) in [6, 6.07) is 7.39. The van der Waals surface area contributed by atoms with Crippen molar-refractivity contribution >= 4 is 51.9 Å². The molecule has 0 fully saturated rings. The van der Waals surface area contributed by atoms with Gasteiger partial charge in [-0.2, -0.15) is 5.26 Å². The van der Waals surface area contributed by atoms with Crippen LogP contribution < -0.4 is 14.8 Å². The number of carbonyl (C=O) groups excluding carboxylic acids is 2. The number of rotatable bonds is 7. The van der Waals surface area contributed by atoms with Crippen molar-refractivity contribution in [3.63, 3.8) is 0 Å². The number of carbonyl (C=O) groups is 2. The molecular weight excluding hydrogens is 524 g/mol. The maximum absolute atomic E-state index is 13.9. The van der Waals surface area contributed by atoms with E-state index in [1.54, 1.807) is 19.1 Å². The molecule has 1 N–H and O–H groups in total. The molecule has 0 spiro atoms. The maximum Gasteiger partial charge on any atom is 0.308 e. The summed E-state index contributed by atoms with van der Waals surface area (Å²) in [5.74, 6) is -1.96. The van der Waals surface area contributed by atoms with E-state index in [0.717, 1.165) is 18.2 Å². The summed E-state index contributed by atoms with van der Waals surface area (Å²) >= 11 is 1.91. The standard InChI is InChI=1S/C20H15FIN3O6/c1-3-30-18-8-12(7-16(22)19(18)31-11(2)26)6-13(10-23)20(27)24-17-9-14(25(28)29)4-5-15(17)21/h4-9H,3H2,1-2H3,(H,24,27)/b13-6-. The van der Waals surface area contributed by atoms with E-state index in [9.17, 15) is 29.4 Å². The van der Waals surface area contributed by atoms with E-state index < -0.39 is 34.0 Å². The summed E-state index contributed by atoms with van der Waals surface area (Å²) in [5.41, 5.74) is -0.856. The SMILES string of the molecule is CCOc1cc(/C=C(/C#N)C(=O)Nc2cc([N+](=O)[O-])ccc2F)cc(I)c1OC(C)=O. The van der Waals surface area contributed by atoms with Gasteiger partial charge in [0.1, 0.15) is 17.5 Å². The van der Waals surface area contributed by atoms with Crippen LogP contribution in [0.3, 0.4) is 0 Å². The predicted molar refractivity (Wildman–Crippen MR) is 117 cm³/mol. The lowest BCUT2D eigenvalue weighted by molar-refractivity contribution is -0.384. The first-order valence-electron chi connectivity index (χ1n) is 8.68. The second-order valence-corrected chi connectivity index (χ2v) is 7.06. The van der Waals surface area contributed by atoms with Gasteiger partial charge in [-0.05, 0) is 59.4 Å². The van der Waals surface area contributed by atoms with Crippen LogP contribution in [-0.4, -0.2) is 23.4 Å². The highest BCUT2D eigenvalue weighted by Gasteiger charge is 2.18. The molecule has 31 heavy (non-hydrogen) atoms. The largest absolute Gasteiger partial charge is 0.490 e. The molecule has 0 bridgehead atoms. The number of nitriles is 1. The molecule has 1 amide bonds. The summed E-state index contributed by atoms with van der Waals surface area (Å²) in [6.07, 6.45) is 1.23. The fraction of sp³-hybridized carbons (Fsp3) is 0.150. The summed E-state index contributed by atoms with van der Waals surface area (Å²) < 4.78 is 25.0. The van der Waals surface area contributed by atoms with Crippen LogP contribution in [0.25, 0.3) is 6.08 Å². The van der Waals surface area contributed by atoms with Crippen LogP contribution in [0, 0.1) is 30.8 Å². The Kier molecular flexibility index (Phi) is 8.03. The van der Waals surface area contributed by atoms with Crippen LogP contribution in [0.15, 0.2) is 35.9 Å². The number of non-ortho nitro benzene ring substituents is 1. The fourth-order valence-electron chi connectivity index (χ4n) is 2.40. The van der Waals surface area contributed by atoms with Gasteiger partial charge in [-0.25, -0.2) is 4.39 Å². The van der Waals surface area contributed by atoms with Crippen molar-refractivity contribution in [1.82, 2.24) is 0 Å². The molecule has 0 aliphatic rings. The first kappa shape index (κ1) is 23.7. The predicted octanol–water partition coefficient (Wildman–Crippen LogP) is 4.21. The molecule has 0 saturated heterocycles. The van der Waals surface area contributed by atoms with Gasteiger partial charge in [0, 0.05) is 19.1 Å². The number of esters is 1. The van der Waals surface area contributed by atoms with E-state index in [0.29, 0.717) is 9.13 Å². The molecule has 11 heteroatoms. The normalized spacial score (nSPS) is 10.7. The molecule has 0 aliphatic carbocycles. The third kappa shape index (κ3) is 6.22. The van der Waals surface area contributed by atoms with E-state index in [1.165, 1.54) is 19.1 Å². The molecule has 2 aromatic rings. The van der Waals surface area contributed by atoms with Crippen LogP contribution in [-0.2, 0) is 9.59 Å². The van der Waals surface area contributed by atoms with E-state index in [4.69, 9.17) is 9.47 Å². The zero-order valence-corrected chi connectivity index (χ0v) is 18.4. The van der Waals surface area contributed by atoms with Gasteiger partial charge in [0.05, 0.1) is 20.8 Å². The summed E-state index contributed by atoms with van der Waals surface area (Å²) in [4.78, 5) is 33.9. The van der Waals surface area contributed by atoms with Crippen molar-refractivity contribution in [2.75, 3.05) is 11.9 Å². The number of amides is 1. The highest BCUT2D eigenvalue weighted by atomic mass is 127. The van der Waals surface area contributed by atoms with E-state index in [1.807, 2.05) is 22.6 Å². The lowest BCUT2D eigenvalue weighted by Gasteiger charge is -2.13. The van der Waals surface area contributed by atoms with E-state index in [-0.39, 0.29) is 23.7 Å². The van der Waals surface area contributed by atoms with Crippen LogP contribution in [0.4, 0.5) is 15.8 Å². The molecule has 9 nitrogen and oxygen atoms in total. The molecular formula is C20H15FIN3O6. The van der Waals surface area contributed by atoms with Crippen molar-refractivity contribution in [1.29, 1.82) is 5.26 Å². The molecule has 2 rings (SSSR count). The van der Waals surface area contributed by atoms with Gasteiger partial charge in [0.2, 0.25) is 0 Å². The molecule has 2 aromatic carbocycles. The van der Waals surface area contributed by atoms with Crippen molar-refractivity contribution in [2.24, 2.45) is 0 Å². The van der Waals surface area contributed by atoms with Crippen LogP contribution in [0.5, 0.6) is 11.5 Å². The first-order valence-corrected chi connectivity index (χ1v) is 9.76. The minimum atomic E-state index is -0.959. The number of halogens is 2. The molecule has 0 radical (unpaired) electrons. The van der Waals surface area contributed by atoms with E-state index in [2.05, 4.69) is 5.32 Å². The van der Waals surface area contributed by atoms with Gasteiger partial charge in [0.15, 0.2) is 11.5 Å². The number of hydrogen-bond donors (Lipinski definition) is 1. The van der Waals surface area contributed by atoms with Gasteiger partial charge in [-0.3, -0.25) is 19.7 Å². The lowest BCUT2D eigenvalue weighted by Crippen LogP contribution is -2.14. The number of benzene rings is 2. The minimum absolute atomic E-state index is 0.203. The molecule has 0 heterocycles. The average molecular weight is 539 g/mol. The average Bonchev–Trinajstić information content (AvgIpc) is 2.70.